The summed E-state index contributed by atoms with van der Waals surface area (Å²) < 4.78 is 17.7. The van der Waals surface area contributed by atoms with Crippen LogP contribution < -0.4 is 16.6 Å². The minimum Gasteiger partial charge on any atom is -0.444 e. The first-order chi connectivity index (χ1) is 12.8. The highest BCUT2D eigenvalue weighted by Gasteiger charge is 2.52. The molecule has 0 saturated carbocycles. The van der Waals surface area contributed by atoms with Crippen molar-refractivity contribution in [1.82, 2.24) is 5.32 Å². The van der Waals surface area contributed by atoms with Crippen LogP contribution >= 0.6 is 0 Å². The van der Waals surface area contributed by atoms with Gasteiger partial charge in [0.05, 0.1) is 16.9 Å². The molecule has 1 aliphatic rings. The predicted molar refractivity (Wildman–Crippen MR) is 113 cm³/mol. The molecule has 1 fully saturated rings. The van der Waals surface area contributed by atoms with Crippen molar-refractivity contribution in [3.05, 3.63) is 35.3 Å². The SMILES string of the molecule is CC(C)(C)OC(=O)NCC(=Cc1ccccc1NN)B1OC(C)(C)C(C)(C)O1. The number of carbonyl (C=O) groups excluding carboxylic acids is 1. The van der Waals surface area contributed by atoms with Crippen LogP contribution in [0.15, 0.2) is 29.7 Å². The third-order valence-corrected chi connectivity index (χ3v) is 4.85. The minimum atomic E-state index is -0.606. The van der Waals surface area contributed by atoms with Crippen LogP contribution in [0.25, 0.3) is 6.08 Å². The summed E-state index contributed by atoms with van der Waals surface area (Å²) in [6.07, 6.45) is 1.41. The zero-order chi connectivity index (χ0) is 21.2. The highest BCUT2D eigenvalue weighted by Crippen LogP contribution is 2.39. The smallest absolute Gasteiger partial charge is 0.444 e. The molecule has 0 atom stereocenters. The molecule has 2 rings (SSSR count). The molecule has 0 aromatic heterocycles. The molecule has 0 radical (unpaired) electrons. The van der Waals surface area contributed by atoms with E-state index in [0.29, 0.717) is 0 Å². The molecule has 28 heavy (non-hydrogen) atoms. The number of alkyl carbamates (subject to hydrolysis) is 1. The Labute approximate surface area is 168 Å². The molecule has 0 spiro atoms. The Kier molecular flexibility index (Phi) is 6.48. The minimum absolute atomic E-state index is 0.213. The molecule has 0 bridgehead atoms. The lowest BCUT2D eigenvalue weighted by Crippen LogP contribution is -2.41. The van der Waals surface area contributed by atoms with Crippen LogP contribution in [0.3, 0.4) is 0 Å². The molecule has 7 nitrogen and oxygen atoms in total. The fraction of sp³-hybridized carbons (Fsp3) is 0.550. The van der Waals surface area contributed by atoms with Gasteiger partial charge in [-0.1, -0.05) is 24.3 Å². The lowest BCUT2D eigenvalue weighted by Gasteiger charge is -2.32. The van der Waals surface area contributed by atoms with E-state index < -0.39 is 30.0 Å². The first-order valence-electron chi connectivity index (χ1n) is 9.43. The van der Waals surface area contributed by atoms with Gasteiger partial charge >= 0.3 is 13.2 Å². The first kappa shape index (κ1) is 22.3. The Morgan fingerprint density at radius 2 is 1.75 bits per heavy atom. The van der Waals surface area contributed by atoms with Gasteiger partial charge in [0, 0.05) is 6.54 Å². The van der Waals surface area contributed by atoms with Crippen LogP contribution in [0, 0.1) is 0 Å². The number of amides is 1. The number of hydrazine groups is 1. The summed E-state index contributed by atoms with van der Waals surface area (Å²) in [5.74, 6) is 5.63. The standard InChI is InChI=1S/C20H32BN3O4/c1-18(2,3)26-17(25)23-13-15(12-14-10-8-9-11-16(14)24-22)21-27-19(4,5)20(6,7)28-21/h8-12,24H,13,22H2,1-7H3,(H,23,25). The summed E-state index contributed by atoms with van der Waals surface area (Å²) in [6, 6.07) is 7.60. The average molecular weight is 389 g/mol. The number of anilines is 1. The van der Waals surface area contributed by atoms with E-state index in [4.69, 9.17) is 19.9 Å². The maximum absolute atomic E-state index is 12.1. The third kappa shape index (κ3) is 5.50. The van der Waals surface area contributed by atoms with Gasteiger partial charge in [-0.25, -0.2) is 4.79 Å². The van der Waals surface area contributed by atoms with Gasteiger partial charge in [-0.2, -0.15) is 0 Å². The van der Waals surface area contributed by atoms with Gasteiger partial charge in [-0.05, 0) is 65.6 Å². The average Bonchev–Trinajstić information content (AvgIpc) is 2.78. The molecule has 1 saturated heterocycles. The van der Waals surface area contributed by atoms with E-state index >= 15 is 0 Å². The van der Waals surface area contributed by atoms with Crippen LogP contribution in [-0.4, -0.2) is 36.6 Å². The second-order valence-electron chi connectivity index (χ2n) is 8.89. The second-order valence-corrected chi connectivity index (χ2v) is 8.89. The Bertz CT molecular complexity index is 725. The van der Waals surface area contributed by atoms with E-state index in [9.17, 15) is 4.79 Å². The number of nitrogen functional groups attached to an aromatic ring is 1. The molecule has 0 aliphatic carbocycles. The Morgan fingerprint density at radius 3 is 2.29 bits per heavy atom. The Hall–Kier alpha value is -2.03. The van der Waals surface area contributed by atoms with Gasteiger partial charge in [-0.15, -0.1) is 0 Å². The van der Waals surface area contributed by atoms with Gasteiger partial charge in [0.25, 0.3) is 0 Å². The van der Waals surface area contributed by atoms with Gasteiger partial charge in [0.1, 0.15) is 5.60 Å². The molecule has 1 aromatic rings. The number of hydrogen-bond donors (Lipinski definition) is 3. The van der Waals surface area contributed by atoms with Crippen molar-refractivity contribution in [1.29, 1.82) is 0 Å². The fourth-order valence-electron chi connectivity index (χ4n) is 2.64. The van der Waals surface area contributed by atoms with Crippen molar-refractivity contribution < 1.29 is 18.8 Å². The van der Waals surface area contributed by atoms with E-state index in [1.54, 1.807) is 0 Å². The molecule has 4 N–H and O–H groups in total. The summed E-state index contributed by atoms with van der Waals surface area (Å²) in [4.78, 5) is 12.1. The maximum atomic E-state index is 12.1. The first-order valence-corrected chi connectivity index (χ1v) is 9.43. The predicted octanol–water partition coefficient (Wildman–Crippen LogP) is 3.51. The van der Waals surface area contributed by atoms with Crippen molar-refractivity contribution in [2.24, 2.45) is 5.84 Å². The van der Waals surface area contributed by atoms with E-state index in [0.717, 1.165) is 16.7 Å². The quantitative estimate of drug-likeness (QED) is 0.405. The van der Waals surface area contributed by atoms with Crippen molar-refractivity contribution >= 4 is 25.0 Å². The van der Waals surface area contributed by atoms with E-state index in [1.807, 2.05) is 78.8 Å². The Balaban J connectivity index is 2.29. The van der Waals surface area contributed by atoms with Crippen LogP contribution in [0.2, 0.25) is 0 Å². The zero-order valence-electron chi connectivity index (χ0n) is 17.9. The molecule has 1 amide bonds. The van der Waals surface area contributed by atoms with Crippen molar-refractivity contribution in [2.45, 2.75) is 65.3 Å². The number of hydrogen-bond acceptors (Lipinski definition) is 6. The van der Waals surface area contributed by atoms with Crippen LogP contribution in [0.4, 0.5) is 10.5 Å². The number of nitrogens with two attached hydrogens (primary N) is 1. The summed E-state index contributed by atoms with van der Waals surface area (Å²) in [5.41, 5.74) is 3.50. The topological polar surface area (TPSA) is 94.8 Å². The van der Waals surface area contributed by atoms with E-state index in [1.165, 1.54) is 0 Å². The summed E-state index contributed by atoms with van der Waals surface area (Å²) in [5, 5.41) is 2.79. The fourth-order valence-corrected chi connectivity index (χ4v) is 2.64. The maximum Gasteiger partial charge on any atom is 0.492 e. The number of rotatable bonds is 5. The molecule has 1 heterocycles. The number of para-hydroxylation sites is 1. The highest BCUT2D eigenvalue weighted by molar-refractivity contribution is 6.56. The molecular weight excluding hydrogens is 357 g/mol. The second kappa shape index (κ2) is 8.15. The Morgan fingerprint density at radius 1 is 1.18 bits per heavy atom. The molecule has 8 heteroatoms. The van der Waals surface area contributed by atoms with Crippen LogP contribution in [0.5, 0.6) is 0 Å². The van der Waals surface area contributed by atoms with Crippen molar-refractivity contribution in [3.8, 4) is 0 Å². The number of nitrogens with one attached hydrogen (secondary N) is 2. The monoisotopic (exact) mass is 389 g/mol. The third-order valence-electron chi connectivity index (χ3n) is 4.85. The van der Waals surface area contributed by atoms with Gasteiger partial charge in [0.15, 0.2) is 0 Å². The number of carbonyl (C=O) groups is 1. The lowest BCUT2D eigenvalue weighted by atomic mass is 9.77. The summed E-state index contributed by atoms with van der Waals surface area (Å²) >= 11 is 0. The number of ether oxygens (including phenoxy) is 1. The normalized spacial score (nSPS) is 18.7. The van der Waals surface area contributed by atoms with Crippen LogP contribution in [0.1, 0.15) is 54.0 Å². The molecule has 154 valence electrons. The van der Waals surface area contributed by atoms with Gasteiger partial charge < -0.3 is 24.8 Å². The van der Waals surface area contributed by atoms with Crippen molar-refractivity contribution in [2.75, 3.05) is 12.0 Å². The van der Waals surface area contributed by atoms with Gasteiger partial charge in [0.2, 0.25) is 0 Å². The summed E-state index contributed by atoms with van der Waals surface area (Å²) in [7, 11) is -0.606. The zero-order valence-corrected chi connectivity index (χ0v) is 17.9. The van der Waals surface area contributed by atoms with Crippen molar-refractivity contribution in [3.63, 3.8) is 0 Å². The molecular formula is C20H32BN3O4. The van der Waals surface area contributed by atoms with E-state index in [2.05, 4.69) is 10.7 Å². The van der Waals surface area contributed by atoms with Crippen LogP contribution in [-0.2, 0) is 14.0 Å². The highest BCUT2D eigenvalue weighted by atomic mass is 16.7. The number of benzene rings is 1. The molecule has 1 aromatic carbocycles. The van der Waals surface area contributed by atoms with Gasteiger partial charge in [-0.3, -0.25) is 5.84 Å². The molecule has 0 unspecified atom stereocenters. The summed E-state index contributed by atoms with van der Waals surface area (Å²) in [6.45, 7) is 13.6. The van der Waals surface area contributed by atoms with E-state index in [-0.39, 0.29) is 6.54 Å². The lowest BCUT2D eigenvalue weighted by molar-refractivity contribution is 0.00578. The molecule has 1 aliphatic heterocycles. The largest absolute Gasteiger partial charge is 0.492 e.